The van der Waals surface area contributed by atoms with Crippen molar-refractivity contribution in [2.45, 2.75) is 0 Å². The number of carbonyl (C=O) groups is 1. The molecule has 1 aromatic carbocycles. The van der Waals surface area contributed by atoms with Crippen molar-refractivity contribution >= 4 is 29.0 Å². The van der Waals surface area contributed by atoms with E-state index in [4.69, 9.17) is 10.5 Å². The van der Waals surface area contributed by atoms with Crippen molar-refractivity contribution in [1.82, 2.24) is 0 Å². The first-order chi connectivity index (χ1) is 6.27. The summed E-state index contributed by atoms with van der Waals surface area (Å²) >= 11 is 0. The van der Waals surface area contributed by atoms with Crippen molar-refractivity contribution in [3.8, 4) is 5.75 Å². The molecule has 0 radical (unpaired) electrons. The van der Waals surface area contributed by atoms with Crippen LogP contribution in [0.1, 0.15) is 15.9 Å². The molecule has 1 amide bonds. The second-order valence-electron chi connectivity index (χ2n) is 2.83. The molecule has 2 N–H and O–H groups in total. The van der Waals surface area contributed by atoms with Crippen LogP contribution in [0.4, 0.5) is 0 Å². The maximum absolute atomic E-state index is 10.8. The summed E-state index contributed by atoms with van der Waals surface area (Å²) < 4.78 is 5.32. The molecule has 1 heterocycles. The molecule has 1 aliphatic heterocycles. The number of rotatable bonds is 1. The van der Waals surface area contributed by atoms with Crippen molar-refractivity contribution < 1.29 is 9.53 Å². The van der Waals surface area contributed by atoms with E-state index in [1.54, 1.807) is 18.2 Å². The highest BCUT2D eigenvalue weighted by Gasteiger charge is 2.07. The fourth-order valence-corrected chi connectivity index (χ4v) is 1.28. The standard InChI is InChI=1S/C10H9NO2.BrH/c11-10(12)8-3-4-9-7(6-8)2-1-5-13-9;/h1-4,6H,5H2,(H2,11,12);1H. The molecule has 74 valence electrons. The second kappa shape index (κ2) is 4.28. The summed E-state index contributed by atoms with van der Waals surface area (Å²) in [4.78, 5) is 10.8. The molecule has 0 aliphatic carbocycles. The molecular weight excluding hydrogens is 246 g/mol. The first-order valence-corrected chi connectivity index (χ1v) is 4.00. The average Bonchev–Trinajstić information content (AvgIpc) is 2.17. The summed E-state index contributed by atoms with van der Waals surface area (Å²) in [5.41, 5.74) is 6.56. The van der Waals surface area contributed by atoms with Gasteiger partial charge in [-0.05, 0) is 24.3 Å². The quantitative estimate of drug-likeness (QED) is 0.832. The molecule has 4 heteroatoms. The van der Waals surface area contributed by atoms with Crippen LogP contribution in [0.3, 0.4) is 0 Å². The lowest BCUT2D eigenvalue weighted by Gasteiger charge is -2.12. The van der Waals surface area contributed by atoms with Crippen molar-refractivity contribution in [3.05, 3.63) is 35.4 Å². The highest BCUT2D eigenvalue weighted by Crippen LogP contribution is 2.24. The molecule has 0 fully saturated rings. The van der Waals surface area contributed by atoms with Gasteiger partial charge in [-0.3, -0.25) is 4.79 Å². The van der Waals surface area contributed by atoms with Crippen LogP contribution in [0.25, 0.3) is 6.08 Å². The van der Waals surface area contributed by atoms with Gasteiger partial charge in [0, 0.05) is 11.1 Å². The molecule has 0 aromatic heterocycles. The Bertz CT molecular complexity index is 388. The molecule has 14 heavy (non-hydrogen) atoms. The molecule has 2 rings (SSSR count). The van der Waals surface area contributed by atoms with Gasteiger partial charge in [0.1, 0.15) is 12.4 Å². The summed E-state index contributed by atoms with van der Waals surface area (Å²) in [5, 5.41) is 0. The predicted molar refractivity (Wildman–Crippen MR) is 59.8 cm³/mol. The van der Waals surface area contributed by atoms with Gasteiger partial charge in [0.2, 0.25) is 5.91 Å². The third-order valence-corrected chi connectivity index (χ3v) is 1.93. The van der Waals surface area contributed by atoms with Gasteiger partial charge in [-0.2, -0.15) is 0 Å². The molecule has 0 atom stereocenters. The lowest BCUT2D eigenvalue weighted by Crippen LogP contribution is -2.11. The largest absolute Gasteiger partial charge is 0.489 e. The zero-order valence-corrected chi connectivity index (χ0v) is 9.11. The number of fused-ring (bicyclic) bond motifs is 1. The normalized spacial score (nSPS) is 12.3. The zero-order valence-electron chi connectivity index (χ0n) is 7.40. The first-order valence-electron chi connectivity index (χ1n) is 4.00. The monoisotopic (exact) mass is 255 g/mol. The van der Waals surface area contributed by atoms with Crippen LogP contribution >= 0.6 is 17.0 Å². The van der Waals surface area contributed by atoms with Crippen LogP contribution in [0.2, 0.25) is 0 Å². The van der Waals surface area contributed by atoms with E-state index in [1.807, 2.05) is 12.2 Å². The van der Waals surface area contributed by atoms with Crippen LogP contribution in [0, 0.1) is 0 Å². The topological polar surface area (TPSA) is 52.3 Å². The Morgan fingerprint density at radius 3 is 2.93 bits per heavy atom. The first kappa shape index (κ1) is 10.8. The van der Waals surface area contributed by atoms with E-state index in [0.29, 0.717) is 12.2 Å². The summed E-state index contributed by atoms with van der Waals surface area (Å²) in [5.74, 6) is 0.384. The number of ether oxygens (including phenoxy) is 1. The molecule has 1 aromatic rings. The Kier molecular flexibility index (Phi) is 3.30. The number of nitrogens with two attached hydrogens (primary N) is 1. The Labute approximate surface area is 92.3 Å². The number of primary amides is 1. The van der Waals surface area contributed by atoms with Gasteiger partial charge in [-0.1, -0.05) is 6.08 Å². The minimum Gasteiger partial charge on any atom is -0.489 e. The maximum Gasteiger partial charge on any atom is 0.248 e. The summed E-state index contributed by atoms with van der Waals surface area (Å²) in [7, 11) is 0. The minimum atomic E-state index is -0.415. The van der Waals surface area contributed by atoms with Crippen LogP contribution in [-0.2, 0) is 0 Å². The van der Waals surface area contributed by atoms with Crippen LogP contribution in [-0.4, -0.2) is 12.5 Å². The number of benzene rings is 1. The van der Waals surface area contributed by atoms with Crippen LogP contribution in [0.15, 0.2) is 24.3 Å². The highest BCUT2D eigenvalue weighted by atomic mass is 79.9. The highest BCUT2D eigenvalue weighted by molar-refractivity contribution is 8.93. The van der Waals surface area contributed by atoms with Crippen LogP contribution < -0.4 is 10.5 Å². The van der Waals surface area contributed by atoms with Gasteiger partial charge < -0.3 is 10.5 Å². The van der Waals surface area contributed by atoms with Crippen molar-refractivity contribution in [1.29, 1.82) is 0 Å². The molecule has 1 aliphatic rings. The van der Waals surface area contributed by atoms with Crippen molar-refractivity contribution in [2.75, 3.05) is 6.61 Å². The summed E-state index contributed by atoms with van der Waals surface area (Å²) in [6.07, 6.45) is 3.82. The fraction of sp³-hybridized carbons (Fsp3) is 0.100. The summed E-state index contributed by atoms with van der Waals surface area (Å²) in [6.45, 7) is 0.586. The number of hydrogen-bond donors (Lipinski definition) is 1. The Balaban J connectivity index is 0.000000980. The second-order valence-corrected chi connectivity index (χ2v) is 2.83. The minimum absolute atomic E-state index is 0. The van der Waals surface area contributed by atoms with E-state index in [0.717, 1.165) is 11.3 Å². The van der Waals surface area contributed by atoms with E-state index >= 15 is 0 Å². The SMILES string of the molecule is Br.NC(=O)c1ccc2c(c1)C=CCO2. The number of carbonyl (C=O) groups excluding carboxylic acids is 1. The van der Waals surface area contributed by atoms with Gasteiger partial charge in [-0.25, -0.2) is 0 Å². The van der Waals surface area contributed by atoms with E-state index < -0.39 is 5.91 Å². The Morgan fingerprint density at radius 2 is 2.21 bits per heavy atom. The fourth-order valence-electron chi connectivity index (χ4n) is 1.28. The van der Waals surface area contributed by atoms with E-state index in [1.165, 1.54) is 0 Å². The molecule has 0 saturated heterocycles. The maximum atomic E-state index is 10.8. The van der Waals surface area contributed by atoms with Gasteiger partial charge in [0.15, 0.2) is 0 Å². The third kappa shape index (κ3) is 1.96. The van der Waals surface area contributed by atoms with Gasteiger partial charge in [-0.15, -0.1) is 17.0 Å². The smallest absolute Gasteiger partial charge is 0.248 e. The number of halogens is 1. The third-order valence-electron chi connectivity index (χ3n) is 1.93. The zero-order chi connectivity index (χ0) is 9.26. The number of hydrogen-bond acceptors (Lipinski definition) is 2. The average molecular weight is 256 g/mol. The van der Waals surface area contributed by atoms with Crippen molar-refractivity contribution in [3.63, 3.8) is 0 Å². The Hall–Kier alpha value is -1.29. The molecule has 0 unspecified atom stereocenters. The molecule has 0 spiro atoms. The lowest BCUT2D eigenvalue weighted by atomic mass is 10.1. The van der Waals surface area contributed by atoms with E-state index in [9.17, 15) is 4.79 Å². The van der Waals surface area contributed by atoms with E-state index in [-0.39, 0.29) is 17.0 Å². The van der Waals surface area contributed by atoms with E-state index in [2.05, 4.69) is 0 Å². The number of amides is 1. The van der Waals surface area contributed by atoms with Crippen LogP contribution in [0.5, 0.6) is 5.75 Å². The molecule has 0 saturated carbocycles. The van der Waals surface area contributed by atoms with Gasteiger partial charge in [0.25, 0.3) is 0 Å². The van der Waals surface area contributed by atoms with Gasteiger partial charge >= 0.3 is 0 Å². The molecule has 3 nitrogen and oxygen atoms in total. The molecular formula is C10H10BrNO2. The molecule has 0 bridgehead atoms. The van der Waals surface area contributed by atoms with Gasteiger partial charge in [0.05, 0.1) is 0 Å². The Morgan fingerprint density at radius 1 is 1.43 bits per heavy atom. The lowest BCUT2D eigenvalue weighted by molar-refractivity contribution is 0.1000. The summed E-state index contributed by atoms with van der Waals surface area (Å²) in [6, 6.07) is 5.16. The van der Waals surface area contributed by atoms with Crippen molar-refractivity contribution in [2.24, 2.45) is 5.73 Å². The predicted octanol–water partition coefficient (Wildman–Crippen LogP) is 1.77.